The van der Waals surface area contributed by atoms with E-state index >= 15 is 0 Å². The number of hydrogen-bond donors (Lipinski definition) is 0. The smallest absolute Gasteiger partial charge is 0.314 e. The summed E-state index contributed by atoms with van der Waals surface area (Å²) in [4.78, 5) is 11.9. The van der Waals surface area contributed by atoms with E-state index in [4.69, 9.17) is 9.47 Å². The van der Waals surface area contributed by atoms with E-state index in [0.29, 0.717) is 18.1 Å². The maximum Gasteiger partial charge on any atom is 0.314 e. The molecular weight excluding hydrogens is 216 g/mol. The third kappa shape index (κ3) is 2.99. The van der Waals surface area contributed by atoms with Gasteiger partial charge in [0.05, 0.1) is 12.5 Å². The molecule has 92 valence electrons. The molecule has 1 aromatic carbocycles. The number of rotatable bonds is 4. The van der Waals surface area contributed by atoms with Crippen molar-refractivity contribution in [1.82, 2.24) is 0 Å². The second kappa shape index (κ2) is 5.71. The van der Waals surface area contributed by atoms with Gasteiger partial charge in [0.1, 0.15) is 0 Å². The van der Waals surface area contributed by atoms with Crippen LogP contribution in [-0.4, -0.2) is 12.6 Å². The molecule has 1 aliphatic carbocycles. The maximum absolute atomic E-state index is 11.9. The Morgan fingerprint density at radius 3 is 2.53 bits per heavy atom. The fourth-order valence-electron chi connectivity index (χ4n) is 2.16. The summed E-state index contributed by atoms with van der Waals surface area (Å²) in [6.07, 6.45) is 4.17. The fourth-order valence-corrected chi connectivity index (χ4v) is 2.16. The molecule has 0 bridgehead atoms. The van der Waals surface area contributed by atoms with Gasteiger partial charge in [-0.25, -0.2) is 0 Å². The lowest BCUT2D eigenvalue weighted by Crippen LogP contribution is -2.18. The zero-order valence-electron chi connectivity index (χ0n) is 10.1. The summed E-state index contributed by atoms with van der Waals surface area (Å²) in [5.41, 5.74) is 0. The molecule has 1 aromatic rings. The molecule has 0 radical (unpaired) electrons. The number of carbonyl (C=O) groups excluding carboxylic acids is 1. The SMILES string of the molecule is CCOc1ccccc1OC(=O)C1CCCC1. The average Bonchev–Trinajstić information content (AvgIpc) is 2.85. The third-order valence-corrected chi connectivity index (χ3v) is 3.05. The fraction of sp³-hybridized carbons (Fsp3) is 0.500. The molecular formula is C14H18O3. The van der Waals surface area contributed by atoms with Gasteiger partial charge in [-0.3, -0.25) is 4.79 Å². The monoisotopic (exact) mass is 234 g/mol. The molecule has 17 heavy (non-hydrogen) atoms. The summed E-state index contributed by atoms with van der Waals surface area (Å²) in [5, 5.41) is 0. The van der Waals surface area contributed by atoms with Crippen molar-refractivity contribution in [3.05, 3.63) is 24.3 Å². The topological polar surface area (TPSA) is 35.5 Å². The lowest BCUT2D eigenvalue weighted by Gasteiger charge is -2.12. The Morgan fingerprint density at radius 1 is 1.24 bits per heavy atom. The van der Waals surface area contributed by atoms with Gasteiger partial charge in [0.25, 0.3) is 0 Å². The van der Waals surface area contributed by atoms with E-state index in [1.54, 1.807) is 6.07 Å². The highest BCUT2D eigenvalue weighted by atomic mass is 16.6. The number of para-hydroxylation sites is 2. The van der Waals surface area contributed by atoms with Crippen LogP contribution in [0.2, 0.25) is 0 Å². The standard InChI is InChI=1S/C14H18O3/c1-2-16-12-9-5-6-10-13(12)17-14(15)11-7-3-4-8-11/h5-6,9-11H,2-4,7-8H2,1H3. The minimum Gasteiger partial charge on any atom is -0.490 e. The molecule has 3 nitrogen and oxygen atoms in total. The first-order valence-corrected chi connectivity index (χ1v) is 6.24. The first kappa shape index (κ1) is 12.0. The van der Waals surface area contributed by atoms with Crippen LogP contribution in [0.1, 0.15) is 32.6 Å². The summed E-state index contributed by atoms with van der Waals surface area (Å²) in [6, 6.07) is 7.32. The Kier molecular flexibility index (Phi) is 4.02. The molecule has 0 unspecified atom stereocenters. The first-order chi connectivity index (χ1) is 8.31. The largest absolute Gasteiger partial charge is 0.490 e. The molecule has 2 rings (SSSR count). The van der Waals surface area contributed by atoms with Crippen LogP contribution < -0.4 is 9.47 Å². The van der Waals surface area contributed by atoms with Crippen molar-refractivity contribution < 1.29 is 14.3 Å². The number of carbonyl (C=O) groups is 1. The Labute approximate surface area is 102 Å². The molecule has 1 saturated carbocycles. The second-order valence-corrected chi connectivity index (χ2v) is 4.28. The van der Waals surface area contributed by atoms with E-state index in [-0.39, 0.29) is 11.9 Å². The van der Waals surface area contributed by atoms with Crippen molar-refractivity contribution in [1.29, 1.82) is 0 Å². The molecule has 0 spiro atoms. The van der Waals surface area contributed by atoms with Gasteiger partial charge >= 0.3 is 5.97 Å². The highest BCUT2D eigenvalue weighted by Gasteiger charge is 2.25. The van der Waals surface area contributed by atoms with Gasteiger partial charge in [-0.05, 0) is 31.9 Å². The van der Waals surface area contributed by atoms with Gasteiger partial charge in [0, 0.05) is 0 Å². The van der Waals surface area contributed by atoms with Crippen LogP contribution in [0.3, 0.4) is 0 Å². The quantitative estimate of drug-likeness (QED) is 0.593. The number of ether oxygens (including phenoxy) is 2. The van der Waals surface area contributed by atoms with Gasteiger partial charge in [0.15, 0.2) is 11.5 Å². The predicted octanol–water partition coefficient (Wildman–Crippen LogP) is 3.18. The molecule has 3 heteroatoms. The number of benzene rings is 1. The average molecular weight is 234 g/mol. The lowest BCUT2D eigenvalue weighted by atomic mass is 10.1. The van der Waals surface area contributed by atoms with Crippen molar-refractivity contribution in [3.63, 3.8) is 0 Å². The molecule has 1 aliphatic rings. The summed E-state index contributed by atoms with van der Waals surface area (Å²) in [5.74, 6) is 1.13. The Hall–Kier alpha value is -1.51. The molecule has 0 saturated heterocycles. The number of esters is 1. The van der Waals surface area contributed by atoms with Gasteiger partial charge < -0.3 is 9.47 Å². The van der Waals surface area contributed by atoms with Gasteiger partial charge in [-0.1, -0.05) is 25.0 Å². The summed E-state index contributed by atoms with van der Waals surface area (Å²) in [6.45, 7) is 2.48. The second-order valence-electron chi connectivity index (χ2n) is 4.28. The predicted molar refractivity (Wildman–Crippen MR) is 65.2 cm³/mol. The van der Waals surface area contributed by atoms with Crippen LogP contribution in [0.25, 0.3) is 0 Å². The van der Waals surface area contributed by atoms with Crippen molar-refractivity contribution in [2.45, 2.75) is 32.6 Å². The zero-order valence-corrected chi connectivity index (χ0v) is 10.1. The van der Waals surface area contributed by atoms with E-state index in [9.17, 15) is 4.79 Å². The third-order valence-electron chi connectivity index (χ3n) is 3.05. The highest BCUT2D eigenvalue weighted by Crippen LogP contribution is 2.30. The van der Waals surface area contributed by atoms with Crippen LogP contribution in [0.5, 0.6) is 11.5 Å². The van der Waals surface area contributed by atoms with Crippen LogP contribution in [0.15, 0.2) is 24.3 Å². The van der Waals surface area contributed by atoms with Crippen LogP contribution in [-0.2, 0) is 4.79 Å². The Bertz CT molecular complexity index is 381. The van der Waals surface area contributed by atoms with Crippen molar-refractivity contribution in [3.8, 4) is 11.5 Å². The minimum atomic E-state index is -0.116. The molecule has 0 atom stereocenters. The van der Waals surface area contributed by atoms with E-state index in [2.05, 4.69) is 0 Å². The minimum absolute atomic E-state index is 0.0738. The zero-order chi connectivity index (χ0) is 12.1. The molecule has 0 aliphatic heterocycles. The van der Waals surface area contributed by atoms with E-state index < -0.39 is 0 Å². The lowest BCUT2D eigenvalue weighted by molar-refractivity contribution is -0.138. The summed E-state index contributed by atoms with van der Waals surface area (Å²) >= 11 is 0. The summed E-state index contributed by atoms with van der Waals surface area (Å²) in [7, 11) is 0. The van der Waals surface area contributed by atoms with Crippen molar-refractivity contribution in [2.24, 2.45) is 5.92 Å². The Morgan fingerprint density at radius 2 is 1.88 bits per heavy atom. The molecule has 0 amide bonds. The van der Waals surface area contributed by atoms with Crippen LogP contribution in [0, 0.1) is 5.92 Å². The normalized spacial score (nSPS) is 15.8. The molecule has 0 heterocycles. The number of hydrogen-bond acceptors (Lipinski definition) is 3. The van der Waals surface area contributed by atoms with E-state index in [0.717, 1.165) is 25.7 Å². The maximum atomic E-state index is 11.9. The van der Waals surface area contributed by atoms with E-state index in [1.807, 2.05) is 25.1 Å². The first-order valence-electron chi connectivity index (χ1n) is 6.24. The molecule has 1 fully saturated rings. The van der Waals surface area contributed by atoms with Crippen LogP contribution >= 0.6 is 0 Å². The van der Waals surface area contributed by atoms with Crippen molar-refractivity contribution in [2.75, 3.05) is 6.61 Å². The van der Waals surface area contributed by atoms with Gasteiger partial charge in [-0.15, -0.1) is 0 Å². The van der Waals surface area contributed by atoms with Gasteiger partial charge in [-0.2, -0.15) is 0 Å². The van der Waals surface area contributed by atoms with Gasteiger partial charge in [0.2, 0.25) is 0 Å². The summed E-state index contributed by atoms with van der Waals surface area (Å²) < 4.78 is 10.8. The molecule has 0 aromatic heterocycles. The Balaban J connectivity index is 2.04. The molecule has 0 N–H and O–H groups in total. The van der Waals surface area contributed by atoms with E-state index in [1.165, 1.54) is 0 Å². The van der Waals surface area contributed by atoms with Crippen LogP contribution in [0.4, 0.5) is 0 Å². The highest BCUT2D eigenvalue weighted by molar-refractivity contribution is 5.76. The van der Waals surface area contributed by atoms with Crippen molar-refractivity contribution >= 4 is 5.97 Å².